The highest BCUT2D eigenvalue weighted by molar-refractivity contribution is 7.86. The van der Waals surface area contributed by atoms with Crippen LogP contribution in [0, 0.1) is 0 Å². The number of hydrogen-bond donors (Lipinski definition) is 3. The Hall–Kier alpha value is -2.34. The lowest BCUT2D eigenvalue weighted by atomic mass is 10.1. The van der Waals surface area contributed by atoms with E-state index in [1.54, 1.807) is 25.3 Å². The first-order chi connectivity index (χ1) is 11.4. The van der Waals surface area contributed by atoms with Crippen molar-refractivity contribution in [3.05, 3.63) is 24.3 Å². The summed E-state index contributed by atoms with van der Waals surface area (Å²) in [5.74, 6) is 1.38. The van der Waals surface area contributed by atoms with Gasteiger partial charge < -0.3 is 20.7 Å². The minimum Gasteiger partial charge on any atom is -0.496 e. The van der Waals surface area contributed by atoms with Gasteiger partial charge in [-0.2, -0.15) is 13.5 Å². The van der Waals surface area contributed by atoms with E-state index in [4.69, 9.17) is 15.2 Å². The van der Waals surface area contributed by atoms with Crippen LogP contribution < -0.4 is 20.7 Å². The molecule has 0 saturated carbocycles. The normalized spacial score (nSPS) is 10.8. The summed E-state index contributed by atoms with van der Waals surface area (Å²) in [4.78, 5) is 0. The fraction of sp³-hybridized carbons (Fsp3) is 0.357. The molecule has 0 unspecified atom stereocenters. The predicted octanol–water partition coefficient (Wildman–Crippen LogP) is 0.291. The summed E-state index contributed by atoms with van der Waals surface area (Å²) in [5.41, 5.74) is 8.98. The average molecular weight is 374 g/mol. The minimum absolute atomic E-state index is 0. The zero-order valence-electron chi connectivity index (χ0n) is 13.9. The van der Waals surface area contributed by atoms with Gasteiger partial charge in [0.2, 0.25) is 0 Å². The first-order valence-electron chi connectivity index (χ1n) is 7.14. The molecule has 0 bridgehead atoms. The number of aromatic amines is 1. The van der Waals surface area contributed by atoms with Crippen LogP contribution in [0.25, 0.3) is 11.3 Å². The van der Waals surface area contributed by atoms with E-state index in [1.807, 2.05) is 6.07 Å². The minimum atomic E-state index is -3.64. The predicted molar refractivity (Wildman–Crippen MR) is 92.9 cm³/mol. The number of nitrogens with one attached hydrogen (secondary N) is 2. The van der Waals surface area contributed by atoms with Gasteiger partial charge in [0.25, 0.3) is 10.1 Å². The molecular weight excluding hydrogens is 352 g/mol. The summed E-state index contributed by atoms with van der Waals surface area (Å²) in [5, 5.41) is 6.74. The maximum atomic E-state index is 11.0. The van der Waals surface area contributed by atoms with Gasteiger partial charge in [-0.3, -0.25) is 5.10 Å². The number of ether oxygens (including phenoxy) is 2. The largest absolute Gasteiger partial charge is 0.496 e. The number of methoxy groups -OCH3 is 1. The van der Waals surface area contributed by atoms with Crippen molar-refractivity contribution in [2.75, 3.05) is 32.0 Å². The first-order valence-corrected chi connectivity index (χ1v) is 8.96. The van der Waals surface area contributed by atoms with Crippen molar-refractivity contribution >= 4 is 15.9 Å². The van der Waals surface area contributed by atoms with Gasteiger partial charge in [-0.25, -0.2) is 5.48 Å². The molecule has 1 aromatic carbocycles. The molecule has 0 atom stereocenters. The number of anilines is 1. The maximum Gasteiger partial charge on any atom is 0.285 e. The van der Waals surface area contributed by atoms with Crippen LogP contribution in [0.15, 0.2) is 24.3 Å². The topological polar surface area (TPSA) is 160 Å². The molecule has 0 amide bonds. The Balaban J connectivity index is 0.00000312. The van der Waals surface area contributed by atoms with Gasteiger partial charge in [0.05, 0.1) is 31.2 Å². The third kappa shape index (κ3) is 5.90. The number of rotatable bonds is 9. The van der Waals surface area contributed by atoms with Crippen molar-refractivity contribution in [1.29, 1.82) is 0 Å². The molecule has 6 N–H and O–H groups in total. The molecule has 25 heavy (non-hydrogen) atoms. The van der Waals surface area contributed by atoms with Gasteiger partial charge in [-0.05, 0) is 25.1 Å². The Labute approximate surface area is 145 Å². The maximum absolute atomic E-state index is 11.0. The van der Waals surface area contributed by atoms with E-state index in [2.05, 4.69) is 20.0 Å². The van der Waals surface area contributed by atoms with Crippen LogP contribution in [0.4, 0.5) is 5.82 Å². The molecule has 2 aromatic rings. The van der Waals surface area contributed by atoms with Crippen molar-refractivity contribution in [3.8, 4) is 22.8 Å². The summed E-state index contributed by atoms with van der Waals surface area (Å²) in [7, 11) is -2.09. The zero-order chi connectivity index (χ0) is 17.6. The standard InChI is InChI=1S/C14H20N4O5S.H2O/c1-21-11-5-3-6-12(22-8-4-7-15)14(11)10-9-13(17-16-10)18-23-24(2,19)20;/h3,5-6,9H,4,7-8,15H2,1-2H3,(H2,16,17,18);1H2. The average Bonchev–Trinajstić information content (AvgIpc) is 3.01. The zero-order valence-corrected chi connectivity index (χ0v) is 14.7. The van der Waals surface area contributed by atoms with Crippen molar-refractivity contribution in [3.63, 3.8) is 0 Å². The van der Waals surface area contributed by atoms with Crippen LogP contribution in [-0.4, -0.2) is 50.6 Å². The molecule has 0 spiro atoms. The van der Waals surface area contributed by atoms with Gasteiger partial charge in [0.1, 0.15) is 11.5 Å². The Morgan fingerprint density at radius 1 is 1.32 bits per heavy atom. The lowest BCUT2D eigenvalue weighted by molar-refractivity contribution is 0.312. The van der Waals surface area contributed by atoms with Crippen LogP contribution in [0.3, 0.4) is 0 Å². The Morgan fingerprint density at radius 2 is 2.04 bits per heavy atom. The molecule has 0 aliphatic carbocycles. The second-order valence-electron chi connectivity index (χ2n) is 4.88. The van der Waals surface area contributed by atoms with E-state index in [-0.39, 0.29) is 11.3 Å². The lowest BCUT2D eigenvalue weighted by Gasteiger charge is -2.13. The lowest BCUT2D eigenvalue weighted by Crippen LogP contribution is -2.09. The van der Waals surface area contributed by atoms with Crippen molar-refractivity contribution < 1.29 is 27.7 Å². The molecule has 10 nitrogen and oxygen atoms in total. The number of nitrogens with zero attached hydrogens (tertiary/aromatic N) is 1. The quantitative estimate of drug-likeness (QED) is 0.417. The third-order valence-electron chi connectivity index (χ3n) is 2.96. The van der Waals surface area contributed by atoms with Gasteiger partial charge in [-0.15, -0.1) is 4.28 Å². The van der Waals surface area contributed by atoms with Crippen molar-refractivity contribution in [1.82, 2.24) is 10.2 Å². The number of hydrogen-bond acceptors (Lipinski definition) is 8. The van der Waals surface area contributed by atoms with Crippen LogP contribution in [0.2, 0.25) is 0 Å². The fourth-order valence-corrected chi connectivity index (χ4v) is 2.19. The van der Waals surface area contributed by atoms with Gasteiger partial charge in [-0.1, -0.05) is 6.07 Å². The second kappa shape index (κ2) is 9.22. The Morgan fingerprint density at radius 3 is 2.68 bits per heavy atom. The van der Waals surface area contributed by atoms with Gasteiger partial charge >= 0.3 is 0 Å². The summed E-state index contributed by atoms with van der Waals surface area (Å²) in [6, 6.07) is 6.97. The van der Waals surface area contributed by atoms with Crippen LogP contribution in [0.1, 0.15) is 6.42 Å². The highest BCUT2D eigenvalue weighted by Gasteiger charge is 2.16. The monoisotopic (exact) mass is 374 g/mol. The first kappa shape index (κ1) is 20.7. The summed E-state index contributed by atoms with van der Waals surface area (Å²) in [6.07, 6.45) is 1.64. The SMILES string of the molecule is COc1cccc(OCCCN)c1-c1cc(NOS(C)(=O)=O)n[nH]1.O. The molecule has 0 aliphatic rings. The van der Waals surface area contributed by atoms with Gasteiger partial charge in [0, 0.05) is 6.07 Å². The fourth-order valence-electron chi connectivity index (χ4n) is 1.95. The third-order valence-corrected chi connectivity index (χ3v) is 3.34. The van der Waals surface area contributed by atoms with Crippen LogP contribution in [-0.2, 0) is 14.4 Å². The number of aromatic nitrogens is 2. The molecule has 140 valence electrons. The number of H-pyrrole nitrogens is 1. The summed E-state index contributed by atoms with van der Waals surface area (Å²) in [6.45, 7) is 0.993. The molecule has 2 rings (SSSR count). The second-order valence-corrected chi connectivity index (χ2v) is 6.46. The van der Waals surface area contributed by atoms with Crippen molar-refractivity contribution in [2.45, 2.75) is 6.42 Å². The highest BCUT2D eigenvalue weighted by atomic mass is 32.2. The molecule has 1 aromatic heterocycles. The van der Waals surface area contributed by atoms with Crippen LogP contribution >= 0.6 is 0 Å². The summed E-state index contributed by atoms with van der Waals surface area (Å²) < 4.78 is 37.6. The Bertz CT molecular complexity index is 777. The molecule has 0 radical (unpaired) electrons. The molecule has 0 aliphatic heterocycles. The molecular formula is C14H22N4O6S. The Kier molecular flexibility index (Phi) is 7.64. The highest BCUT2D eigenvalue weighted by Crippen LogP contribution is 2.38. The van der Waals surface area contributed by atoms with E-state index in [0.717, 1.165) is 6.26 Å². The van der Waals surface area contributed by atoms with Crippen molar-refractivity contribution in [2.24, 2.45) is 5.73 Å². The van der Waals surface area contributed by atoms with E-state index >= 15 is 0 Å². The summed E-state index contributed by atoms with van der Waals surface area (Å²) >= 11 is 0. The van der Waals surface area contributed by atoms with E-state index in [1.165, 1.54) is 0 Å². The molecule has 0 saturated heterocycles. The van der Waals surface area contributed by atoms with E-state index in [9.17, 15) is 8.42 Å². The molecule has 0 fully saturated rings. The number of nitrogens with two attached hydrogens (primary N) is 1. The molecule has 11 heteroatoms. The smallest absolute Gasteiger partial charge is 0.285 e. The van der Waals surface area contributed by atoms with Gasteiger partial charge in [0.15, 0.2) is 5.82 Å². The van der Waals surface area contributed by atoms with E-state index < -0.39 is 10.1 Å². The number of benzene rings is 1. The van der Waals surface area contributed by atoms with Crippen LogP contribution in [0.5, 0.6) is 11.5 Å². The van der Waals surface area contributed by atoms with E-state index in [0.29, 0.717) is 42.3 Å². The molecule has 1 heterocycles.